The molecule has 0 atom stereocenters. The second kappa shape index (κ2) is 13.0. The van der Waals surface area contributed by atoms with E-state index in [0.29, 0.717) is 6.42 Å². The highest BCUT2D eigenvalue weighted by Crippen LogP contribution is 2.02. The maximum absolute atomic E-state index is 10.3. The first-order valence-corrected chi connectivity index (χ1v) is 6.79. The molecule has 98 valence electrons. The van der Waals surface area contributed by atoms with Gasteiger partial charge in [-0.05, 0) is 38.5 Å². The van der Waals surface area contributed by atoms with Crippen LogP contribution in [0.25, 0.3) is 0 Å². The smallest absolute Gasteiger partial charge is 0.303 e. The normalized spacial score (nSPS) is 11.6. The monoisotopic (exact) mass is 238 g/mol. The summed E-state index contributed by atoms with van der Waals surface area (Å²) in [5, 5.41) is 8.45. The Hall–Kier alpha value is -1.05. The van der Waals surface area contributed by atoms with Crippen LogP contribution < -0.4 is 0 Å². The number of aliphatic carboxylic acids is 1. The van der Waals surface area contributed by atoms with Gasteiger partial charge in [0.05, 0.1) is 0 Å². The van der Waals surface area contributed by atoms with E-state index in [0.717, 1.165) is 25.7 Å². The molecular formula is C15H26O2. The Morgan fingerprint density at radius 2 is 1.53 bits per heavy atom. The first-order chi connectivity index (χ1) is 8.27. The minimum Gasteiger partial charge on any atom is -0.481 e. The standard InChI is InChI=1S/C15H26O2/c1-2-3-4-5-6-7-8-9-10-11-12-13-14-15(16)17/h6-7,9-10H,2-5,8,11-14H2,1H3,(H,16,17)/b7-6-,10-9+. The van der Waals surface area contributed by atoms with Crippen LogP contribution in [0.15, 0.2) is 24.3 Å². The van der Waals surface area contributed by atoms with E-state index in [1.807, 2.05) is 0 Å². The summed E-state index contributed by atoms with van der Waals surface area (Å²) >= 11 is 0. The third kappa shape index (κ3) is 14.9. The van der Waals surface area contributed by atoms with Crippen LogP contribution in [0, 0.1) is 0 Å². The Bertz CT molecular complexity index is 229. The molecule has 17 heavy (non-hydrogen) atoms. The summed E-state index contributed by atoms with van der Waals surface area (Å²) in [6.45, 7) is 2.22. The second-order valence-corrected chi connectivity index (χ2v) is 4.31. The van der Waals surface area contributed by atoms with Crippen molar-refractivity contribution in [1.29, 1.82) is 0 Å². The topological polar surface area (TPSA) is 37.3 Å². The molecule has 0 radical (unpaired) electrons. The number of allylic oxidation sites excluding steroid dienone is 4. The van der Waals surface area contributed by atoms with Crippen LogP contribution in [0.4, 0.5) is 0 Å². The van der Waals surface area contributed by atoms with Gasteiger partial charge in [0.2, 0.25) is 0 Å². The Kier molecular flexibility index (Phi) is 12.2. The van der Waals surface area contributed by atoms with Crippen LogP contribution in [-0.2, 0) is 4.79 Å². The van der Waals surface area contributed by atoms with Gasteiger partial charge in [0.25, 0.3) is 0 Å². The fraction of sp³-hybridized carbons (Fsp3) is 0.667. The third-order valence-electron chi connectivity index (χ3n) is 2.59. The predicted molar refractivity (Wildman–Crippen MR) is 73.1 cm³/mol. The van der Waals surface area contributed by atoms with Gasteiger partial charge in [-0.3, -0.25) is 4.79 Å². The molecule has 2 nitrogen and oxygen atoms in total. The number of hydrogen-bond donors (Lipinski definition) is 1. The quantitative estimate of drug-likeness (QED) is 0.418. The molecule has 0 saturated carbocycles. The van der Waals surface area contributed by atoms with E-state index in [-0.39, 0.29) is 0 Å². The van der Waals surface area contributed by atoms with Gasteiger partial charge in [0.1, 0.15) is 0 Å². The lowest BCUT2D eigenvalue weighted by atomic mass is 10.1. The molecule has 0 rings (SSSR count). The van der Waals surface area contributed by atoms with Gasteiger partial charge in [-0.2, -0.15) is 0 Å². The highest BCUT2D eigenvalue weighted by Gasteiger charge is 1.93. The molecule has 0 aliphatic rings. The van der Waals surface area contributed by atoms with Crippen molar-refractivity contribution in [2.75, 3.05) is 0 Å². The fourth-order valence-electron chi connectivity index (χ4n) is 1.56. The minimum atomic E-state index is -0.691. The molecule has 0 amide bonds. The van der Waals surface area contributed by atoms with E-state index >= 15 is 0 Å². The summed E-state index contributed by atoms with van der Waals surface area (Å²) in [5.74, 6) is -0.691. The largest absolute Gasteiger partial charge is 0.481 e. The van der Waals surface area contributed by atoms with Crippen molar-refractivity contribution in [2.45, 2.75) is 64.7 Å². The van der Waals surface area contributed by atoms with Crippen molar-refractivity contribution in [3.8, 4) is 0 Å². The van der Waals surface area contributed by atoms with Crippen molar-refractivity contribution in [1.82, 2.24) is 0 Å². The minimum absolute atomic E-state index is 0.297. The van der Waals surface area contributed by atoms with E-state index in [1.54, 1.807) is 0 Å². The lowest BCUT2D eigenvalue weighted by Gasteiger charge is -1.93. The number of rotatable bonds is 11. The Balaban J connectivity index is 3.21. The molecule has 0 aromatic rings. The van der Waals surface area contributed by atoms with Gasteiger partial charge >= 0.3 is 5.97 Å². The Morgan fingerprint density at radius 3 is 2.06 bits per heavy atom. The molecular weight excluding hydrogens is 212 g/mol. The molecule has 0 bridgehead atoms. The van der Waals surface area contributed by atoms with Gasteiger partial charge in [-0.1, -0.05) is 44.1 Å². The third-order valence-corrected chi connectivity index (χ3v) is 2.59. The van der Waals surface area contributed by atoms with Crippen molar-refractivity contribution in [3.05, 3.63) is 24.3 Å². The first-order valence-electron chi connectivity index (χ1n) is 6.79. The molecule has 0 saturated heterocycles. The fourth-order valence-corrected chi connectivity index (χ4v) is 1.56. The summed E-state index contributed by atoms with van der Waals surface area (Å²) in [7, 11) is 0. The summed E-state index contributed by atoms with van der Waals surface area (Å²) in [5.41, 5.74) is 0. The van der Waals surface area contributed by atoms with Crippen LogP contribution in [0.5, 0.6) is 0 Å². The molecule has 0 aromatic heterocycles. The second-order valence-electron chi connectivity index (χ2n) is 4.31. The zero-order valence-corrected chi connectivity index (χ0v) is 11.0. The Labute approximate surface area is 105 Å². The highest BCUT2D eigenvalue weighted by molar-refractivity contribution is 5.66. The van der Waals surface area contributed by atoms with E-state index in [9.17, 15) is 4.79 Å². The number of unbranched alkanes of at least 4 members (excludes halogenated alkanes) is 5. The first kappa shape index (κ1) is 16.0. The van der Waals surface area contributed by atoms with Crippen LogP contribution in [0.3, 0.4) is 0 Å². The van der Waals surface area contributed by atoms with Crippen LogP contribution in [0.1, 0.15) is 64.7 Å². The molecule has 0 aliphatic heterocycles. The zero-order valence-electron chi connectivity index (χ0n) is 11.0. The number of carboxylic acids is 1. The lowest BCUT2D eigenvalue weighted by Crippen LogP contribution is -1.92. The van der Waals surface area contributed by atoms with Crippen molar-refractivity contribution in [2.24, 2.45) is 0 Å². The van der Waals surface area contributed by atoms with Gasteiger partial charge in [0.15, 0.2) is 0 Å². The highest BCUT2D eigenvalue weighted by atomic mass is 16.4. The number of carboxylic acid groups (broad SMARTS) is 1. The summed E-state index contributed by atoms with van der Waals surface area (Å²) in [4.78, 5) is 10.3. The lowest BCUT2D eigenvalue weighted by molar-refractivity contribution is -0.137. The van der Waals surface area contributed by atoms with E-state index in [2.05, 4.69) is 31.2 Å². The molecule has 0 aliphatic carbocycles. The van der Waals surface area contributed by atoms with Crippen LogP contribution in [0.2, 0.25) is 0 Å². The molecule has 0 fully saturated rings. The molecule has 0 heterocycles. The summed E-state index contributed by atoms with van der Waals surface area (Å²) in [6, 6.07) is 0. The summed E-state index contributed by atoms with van der Waals surface area (Å²) in [6.07, 6.45) is 17.9. The Morgan fingerprint density at radius 1 is 0.941 bits per heavy atom. The molecule has 0 spiro atoms. The average Bonchev–Trinajstić information content (AvgIpc) is 2.30. The molecule has 1 N–H and O–H groups in total. The molecule has 2 heteroatoms. The van der Waals surface area contributed by atoms with E-state index in [1.165, 1.54) is 25.7 Å². The van der Waals surface area contributed by atoms with Crippen molar-refractivity contribution >= 4 is 5.97 Å². The summed E-state index contributed by atoms with van der Waals surface area (Å²) < 4.78 is 0. The molecule has 0 aromatic carbocycles. The van der Waals surface area contributed by atoms with Crippen molar-refractivity contribution < 1.29 is 9.90 Å². The van der Waals surface area contributed by atoms with Gasteiger partial charge < -0.3 is 5.11 Å². The van der Waals surface area contributed by atoms with Gasteiger partial charge in [-0.15, -0.1) is 0 Å². The molecule has 0 unspecified atom stereocenters. The van der Waals surface area contributed by atoms with Gasteiger partial charge in [-0.25, -0.2) is 0 Å². The van der Waals surface area contributed by atoms with Crippen molar-refractivity contribution in [3.63, 3.8) is 0 Å². The SMILES string of the molecule is CCCCC/C=C\C/C=C/CCCCC(=O)O. The predicted octanol–water partition coefficient (Wildman–Crippen LogP) is 4.71. The van der Waals surface area contributed by atoms with Crippen LogP contribution >= 0.6 is 0 Å². The van der Waals surface area contributed by atoms with Gasteiger partial charge in [0, 0.05) is 6.42 Å². The maximum Gasteiger partial charge on any atom is 0.303 e. The number of carbonyl (C=O) groups is 1. The van der Waals surface area contributed by atoms with Crippen LogP contribution in [-0.4, -0.2) is 11.1 Å². The van der Waals surface area contributed by atoms with E-state index < -0.39 is 5.97 Å². The maximum atomic E-state index is 10.3. The number of hydrogen-bond acceptors (Lipinski definition) is 1. The average molecular weight is 238 g/mol. The zero-order chi connectivity index (χ0) is 12.8. The van der Waals surface area contributed by atoms with E-state index in [4.69, 9.17) is 5.11 Å².